The first kappa shape index (κ1) is 23.6. The second-order valence-corrected chi connectivity index (χ2v) is 9.51. The molecule has 168 valence electrons. The predicted octanol–water partition coefficient (Wildman–Crippen LogP) is 5.19. The number of carbonyl (C=O) groups is 1. The minimum atomic E-state index is -4.08. The minimum Gasteiger partial charge on any atom is -0.492 e. The van der Waals surface area contributed by atoms with Gasteiger partial charge in [-0.2, -0.15) is 0 Å². The van der Waals surface area contributed by atoms with Gasteiger partial charge in [0.1, 0.15) is 12.3 Å². The summed E-state index contributed by atoms with van der Waals surface area (Å²) >= 11 is 5.93. The van der Waals surface area contributed by atoms with Crippen LogP contribution in [0.3, 0.4) is 0 Å². The number of benzene rings is 3. The molecule has 0 bridgehead atoms. The maximum atomic E-state index is 13.5. The van der Waals surface area contributed by atoms with Crippen LogP contribution in [0.25, 0.3) is 0 Å². The second-order valence-electron chi connectivity index (χ2n) is 7.21. The van der Waals surface area contributed by atoms with Crippen LogP contribution in [0, 0.1) is 13.8 Å². The van der Waals surface area contributed by atoms with E-state index >= 15 is 0 Å². The number of carbonyl (C=O) groups excluding carboxylic acids is 1. The van der Waals surface area contributed by atoms with Crippen LogP contribution in [0.2, 0.25) is 5.02 Å². The highest BCUT2D eigenvalue weighted by Crippen LogP contribution is 2.33. The van der Waals surface area contributed by atoms with E-state index in [9.17, 15) is 13.2 Å². The Morgan fingerprint density at radius 3 is 2.34 bits per heavy atom. The minimum absolute atomic E-state index is 0.0205. The van der Waals surface area contributed by atoms with Gasteiger partial charge >= 0.3 is 0 Å². The van der Waals surface area contributed by atoms with Crippen molar-refractivity contribution in [3.8, 4) is 5.75 Å². The van der Waals surface area contributed by atoms with Crippen LogP contribution >= 0.6 is 11.6 Å². The maximum absolute atomic E-state index is 13.5. The quantitative estimate of drug-likeness (QED) is 0.489. The Balaban J connectivity index is 1.99. The summed E-state index contributed by atoms with van der Waals surface area (Å²) in [5.74, 6) is -0.108. The number of ether oxygens (including phenoxy) is 1. The summed E-state index contributed by atoms with van der Waals surface area (Å²) in [6.07, 6.45) is 0. The number of para-hydroxylation sites is 2. The summed E-state index contributed by atoms with van der Waals surface area (Å²) < 4.78 is 33.8. The topological polar surface area (TPSA) is 75.7 Å². The van der Waals surface area contributed by atoms with Crippen molar-refractivity contribution >= 4 is 38.9 Å². The third-order valence-electron chi connectivity index (χ3n) is 4.91. The van der Waals surface area contributed by atoms with E-state index in [4.69, 9.17) is 16.3 Å². The van der Waals surface area contributed by atoms with Crippen LogP contribution < -0.4 is 14.4 Å². The Hall–Kier alpha value is -3.03. The molecule has 0 spiro atoms. The van der Waals surface area contributed by atoms with Crippen LogP contribution in [0.1, 0.15) is 18.1 Å². The molecule has 0 saturated carbocycles. The first-order valence-electron chi connectivity index (χ1n) is 10.1. The van der Waals surface area contributed by atoms with Gasteiger partial charge in [0.05, 0.1) is 17.2 Å². The van der Waals surface area contributed by atoms with Gasteiger partial charge in [0.2, 0.25) is 5.91 Å². The molecule has 0 unspecified atom stereocenters. The summed E-state index contributed by atoms with van der Waals surface area (Å²) in [5, 5.41) is 3.20. The lowest BCUT2D eigenvalue weighted by Gasteiger charge is -2.26. The molecule has 3 aromatic carbocycles. The van der Waals surface area contributed by atoms with Crippen LogP contribution in [-0.4, -0.2) is 27.5 Å². The molecule has 0 aromatic heterocycles. The van der Waals surface area contributed by atoms with Crippen molar-refractivity contribution in [3.63, 3.8) is 0 Å². The lowest BCUT2D eigenvalue weighted by atomic mass is 10.1. The highest BCUT2D eigenvalue weighted by atomic mass is 35.5. The molecular weight excluding hydrogens is 448 g/mol. The number of aryl methyl sites for hydroxylation is 2. The third-order valence-corrected chi connectivity index (χ3v) is 6.94. The average molecular weight is 473 g/mol. The van der Waals surface area contributed by atoms with Crippen molar-refractivity contribution in [2.75, 3.05) is 22.8 Å². The molecule has 0 aliphatic rings. The number of hydrogen-bond acceptors (Lipinski definition) is 4. The van der Waals surface area contributed by atoms with Crippen molar-refractivity contribution < 1.29 is 17.9 Å². The summed E-state index contributed by atoms with van der Waals surface area (Å²) in [4.78, 5) is 12.9. The zero-order valence-electron chi connectivity index (χ0n) is 18.1. The van der Waals surface area contributed by atoms with Crippen molar-refractivity contribution in [3.05, 3.63) is 82.9 Å². The van der Waals surface area contributed by atoms with Gasteiger partial charge in [-0.3, -0.25) is 9.10 Å². The molecule has 0 atom stereocenters. The molecule has 0 aliphatic carbocycles. The first-order chi connectivity index (χ1) is 15.2. The van der Waals surface area contributed by atoms with Gasteiger partial charge < -0.3 is 10.1 Å². The Bertz CT molecular complexity index is 1210. The molecule has 1 N–H and O–H groups in total. The van der Waals surface area contributed by atoms with Crippen LogP contribution in [0.5, 0.6) is 5.75 Å². The molecule has 1 amide bonds. The van der Waals surface area contributed by atoms with Gasteiger partial charge in [0.15, 0.2) is 0 Å². The third kappa shape index (κ3) is 5.41. The Morgan fingerprint density at radius 2 is 1.69 bits per heavy atom. The molecule has 0 radical (unpaired) electrons. The molecule has 8 heteroatoms. The lowest BCUT2D eigenvalue weighted by Crippen LogP contribution is -2.38. The number of sulfonamides is 1. The van der Waals surface area contributed by atoms with Gasteiger partial charge in [-0.25, -0.2) is 8.42 Å². The van der Waals surface area contributed by atoms with E-state index in [1.807, 2.05) is 26.0 Å². The van der Waals surface area contributed by atoms with Crippen molar-refractivity contribution in [1.29, 1.82) is 0 Å². The molecule has 0 heterocycles. The fourth-order valence-electron chi connectivity index (χ4n) is 3.12. The fourth-order valence-corrected chi connectivity index (χ4v) is 4.68. The number of hydrogen-bond donors (Lipinski definition) is 1. The van der Waals surface area contributed by atoms with E-state index in [2.05, 4.69) is 5.32 Å². The fraction of sp³-hybridized carbons (Fsp3) is 0.208. The van der Waals surface area contributed by atoms with Gasteiger partial charge in [-0.15, -0.1) is 0 Å². The standard InChI is InChI=1S/C24H25ClN2O4S/c1-4-31-23-8-6-5-7-22(23)27(32(29,30)21-13-10-19(25)11-14-21)16-24(28)26-20-12-9-17(2)18(3)15-20/h5-15H,4,16H2,1-3H3,(H,26,28). The van der Waals surface area contributed by atoms with Crippen LogP contribution in [0.4, 0.5) is 11.4 Å². The molecule has 32 heavy (non-hydrogen) atoms. The van der Waals surface area contributed by atoms with E-state index in [1.54, 1.807) is 37.3 Å². The number of amides is 1. The van der Waals surface area contributed by atoms with Crippen molar-refractivity contribution in [2.24, 2.45) is 0 Å². The zero-order chi connectivity index (χ0) is 23.3. The highest BCUT2D eigenvalue weighted by molar-refractivity contribution is 7.92. The summed E-state index contributed by atoms with van der Waals surface area (Å²) in [6, 6.07) is 18.1. The van der Waals surface area contributed by atoms with Crippen LogP contribution in [-0.2, 0) is 14.8 Å². The molecule has 0 aliphatic heterocycles. The Morgan fingerprint density at radius 1 is 1.00 bits per heavy atom. The van der Waals surface area contributed by atoms with E-state index < -0.39 is 22.5 Å². The van der Waals surface area contributed by atoms with E-state index in [0.29, 0.717) is 23.1 Å². The smallest absolute Gasteiger partial charge is 0.264 e. The molecule has 6 nitrogen and oxygen atoms in total. The number of anilines is 2. The van der Waals surface area contributed by atoms with Gasteiger partial charge in [0, 0.05) is 10.7 Å². The van der Waals surface area contributed by atoms with E-state index in [1.165, 1.54) is 24.3 Å². The van der Waals surface area contributed by atoms with Gasteiger partial charge in [0.25, 0.3) is 10.0 Å². The van der Waals surface area contributed by atoms with E-state index in [0.717, 1.165) is 15.4 Å². The number of halogens is 1. The van der Waals surface area contributed by atoms with Crippen LogP contribution in [0.15, 0.2) is 71.6 Å². The average Bonchev–Trinajstić information content (AvgIpc) is 2.76. The highest BCUT2D eigenvalue weighted by Gasteiger charge is 2.29. The SMILES string of the molecule is CCOc1ccccc1N(CC(=O)Nc1ccc(C)c(C)c1)S(=O)(=O)c1ccc(Cl)cc1. The van der Waals surface area contributed by atoms with Crippen molar-refractivity contribution in [1.82, 2.24) is 0 Å². The molecule has 3 aromatic rings. The summed E-state index contributed by atoms with van der Waals surface area (Å²) in [7, 11) is -4.08. The summed E-state index contributed by atoms with van der Waals surface area (Å²) in [6.45, 7) is 5.65. The normalized spacial score (nSPS) is 11.1. The zero-order valence-corrected chi connectivity index (χ0v) is 19.7. The lowest BCUT2D eigenvalue weighted by molar-refractivity contribution is -0.114. The van der Waals surface area contributed by atoms with Gasteiger partial charge in [-0.05, 0) is 80.4 Å². The predicted molar refractivity (Wildman–Crippen MR) is 128 cm³/mol. The largest absolute Gasteiger partial charge is 0.492 e. The number of nitrogens with one attached hydrogen (secondary N) is 1. The number of rotatable bonds is 8. The van der Waals surface area contributed by atoms with Crippen molar-refractivity contribution in [2.45, 2.75) is 25.7 Å². The molecule has 0 fully saturated rings. The molecular formula is C24H25ClN2O4S. The maximum Gasteiger partial charge on any atom is 0.264 e. The second kappa shape index (κ2) is 10.1. The summed E-state index contributed by atoms with van der Waals surface area (Å²) in [5.41, 5.74) is 3.00. The Labute approximate surface area is 193 Å². The Kier molecular flexibility index (Phi) is 7.43. The van der Waals surface area contributed by atoms with Gasteiger partial charge in [-0.1, -0.05) is 29.8 Å². The number of nitrogens with zero attached hydrogens (tertiary/aromatic N) is 1. The molecule has 0 saturated heterocycles. The molecule has 3 rings (SSSR count). The first-order valence-corrected chi connectivity index (χ1v) is 11.9. The monoisotopic (exact) mass is 472 g/mol. The van der Waals surface area contributed by atoms with E-state index in [-0.39, 0.29) is 10.6 Å².